The van der Waals surface area contributed by atoms with Crippen LogP contribution in [0, 0.1) is 0 Å². The Morgan fingerprint density at radius 3 is 2.35 bits per heavy atom. The van der Waals surface area contributed by atoms with Crippen LogP contribution in [0.2, 0.25) is 0 Å². The summed E-state index contributed by atoms with van der Waals surface area (Å²) in [5.41, 5.74) is 0. The first-order chi connectivity index (χ1) is 9.60. The summed E-state index contributed by atoms with van der Waals surface area (Å²) >= 11 is 0. The summed E-state index contributed by atoms with van der Waals surface area (Å²) in [4.78, 5) is 22.0. The van der Waals surface area contributed by atoms with Gasteiger partial charge in [-0.1, -0.05) is 39.0 Å². The topological polar surface area (TPSA) is 87.7 Å². The second-order valence-corrected chi connectivity index (χ2v) is 4.86. The summed E-state index contributed by atoms with van der Waals surface area (Å²) in [7, 11) is 1.43. The molecule has 0 aromatic rings. The first-order valence-corrected chi connectivity index (χ1v) is 7.36. The number of aliphatic carboxylic acids is 1. The monoisotopic (exact) mass is 288 g/mol. The van der Waals surface area contributed by atoms with Crippen LogP contribution >= 0.6 is 0 Å². The highest BCUT2D eigenvalue weighted by Gasteiger charge is 2.13. The molecule has 0 aliphatic heterocycles. The molecule has 0 saturated carbocycles. The summed E-state index contributed by atoms with van der Waals surface area (Å²) < 4.78 is 4.97. The van der Waals surface area contributed by atoms with Gasteiger partial charge in [-0.2, -0.15) is 0 Å². The predicted octanol–water partition coefficient (Wildman–Crippen LogP) is 2.14. The van der Waals surface area contributed by atoms with Gasteiger partial charge >= 0.3 is 12.0 Å². The fraction of sp³-hybridized carbons (Fsp3) is 0.857. The van der Waals surface area contributed by atoms with Gasteiger partial charge in [0.05, 0.1) is 12.5 Å². The van der Waals surface area contributed by atoms with Crippen molar-refractivity contribution in [2.24, 2.45) is 0 Å². The fourth-order valence-electron chi connectivity index (χ4n) is 1.81. The first kappa shape index (κ1) is 18.7. The maximum atomic E-state index is 11.5. The third kappa shape index (κ3) is 11.8. The standard InChI is InChI=1S/C14H28N2O4/c1-3-4-5-6-7-8-9-15-14(19)16-11-12(20-2)10-13(17)18/h12H,3-11H2,1-2H3,(H,17,18)(H2,15,16,19). The summed E-state index contributed by atoms with van der Waals surface area (Å²) in [6, 6.07) is -0.272. The maximum absolute atomic E-state index is 11.5. The van der Waals surface area contributed by atoms with Crippen molar-refractivity contribution >= 4 is 12.0 Å². The summed E-state index contributed by atoms with van der Waals surface area (Å²) in [5.74, 6) is -0.939. The van der Waals surface area contributed by atoms with Crippen LogP contribution in [0.1, 0.15) is 51.9 Å². The zero-order valence-corrected chi connectivity index (χ0v) is 12.6. The number of carbonyl (C=O) groups is 2. The number of methoxy groups -OCH3 is 1. The number of urea groups is 1. The van der Waals surface area contributed by atoms with Crippen molar-refractivity contribution in [1.29, 1.82) is 0 Å². The Balaban J connectivity index is 3.50. The quantitative estimate of drug-likeness (QED) is 0.480. The third-order valence-electron chi connectivity index (χ3n) is 3.04. The third-order valence-corrected chi connectivity index (χ3v) is 3.04. The van der Waals surface area contributed by atoms with E-state index in [1.54, 1.807) is 0 Å². The average molecular weight is 288 g/mol. The number of ether oxygens (including phenoxy) is 1. The van der Waals surface area contributed by atoms with Gasteiger partial charge in [-0.05, 0) is 6.42 Å². The van der Waals surface area contributed by atoms with E-state index in [4.69, 9.17) is 9.84 Å². The highest BCUT2D eigenvalue weighted by Crippen LogP contribution is 2.03. The Morgan fingerprint density at radius 1 is 1.10 bits per heavy atom. The molecule has 118 valence electrons. The lowest BCUT2D eigenvalue weighted by molar-refractivity contribution is -0.139. The van der Waals surface area contributed by atoms with Crippen molar-refractivity contribution in [3.8, 4) is 0 Å². The minimum atomic E-state index is -0.939. The minimum Gasteiger partial charge on any atom is -0.481 e. The van der Waals surface area contributed by atoms with Gasteiger partial charge in [0, 0.05) is 20.2 Å². The highest BCUT2D eigenvalue weighted by atomic mass is 16.5. The number of hydrogen-bond donors (Lipinski definition) is 3. The molecule has 3 N–H and O–H groups in total. The molecule has 20 heavy (non-hydrogen) atoms. The number of carboxylic acids is 1. The number of rotatable bonds is 12. The molecule has 0 saturated heterocycles. The Morgan fingerprint density at radius 2 is 1.75 bits per heavy atom. The molecule has 0 spiro atoms. The molecule has 0 aliphatic carbocycles. The molecule has 1 unspecified atom stereocenters. The van der Waals surface area contributed by atoms with Crippen molar-refractivity contribution < 1.29 is 19.4 Å². The van der Waals surface area contributed by atoms with E-state index in [-0.39, 0.29) is 19.0 Å². The van der Waals surface area contributed by atoms with Crippen molar-refractivity contribution in [3.63, 3.8) is 0 Å². The van der Waals surface area contributed by atoms with Gasteiger partial charge in [0.1, 0.15) is 0 Å². The van der Waals surface area contributed by atoms with Crippen LogP contribution in [0.15, 0.2) is 0 Å². The zero-order valence-electron chi connectivity index (χ0n) is 12.6. The number of nitrogens with one attached hydrogen (secondary N) is 2. The van der Waals surface area contributed by atoms with Crippen LogP contribution in [-0.4, -0.2) is 43.4 Å². The molecule has 0 aliphatic rings. The van der Waals surface area contributed by atoms with E-state index in [0.717, 1.165) is 12.8 Å². The lowest BCUT2D eigenvalue weighted by atomic mass is 10.1. The van der Waals surface area contributed by atoms with Gasteiger partial charge in [-0.25, -0.2) is 4.79 Å². The molecule has 0 rings (SSSR count). The molecule has 6 nitrogen and oxygen atoms in total. The van der Waals surface area contributed by atoms with E-state index in [1.807, 2.05) is 0 Å². The summed E-state index contributed by atoms with van der Waals surface area (Å²) in [6.45, 7) is 3.03. The molecule has 0 radical (unpaired) electrons. The van der Waals surface area contributed by atoms with E-state index in [9.17, 15) is 9.59 Å². The van der Waals surface area contributed by atoms with Gasteiger partial charge in [-0.3, -0.25) is 4.79 Å². The molecular weight excluding hydrogens is 260 g/mol. The van der Waals surface area contributed by atoms with Crippen LogP contribution in [0.25, 0.3) is 0 Å². The molecule has 1 atom stereocenters. The summed E-state index contributed by atoms with van der Waals surface area (Å²) in [5, 5.41) is 14.0. The van der Waals surface area contributed by atoms with Crippen molar-refractivity contribution in [2.45, 2.75) is 58.0 Å². The van der Waals surface area contributed by atoms with Crippen LogP contribution in [-0.2, 0) is 9.53 Å². The molecule has 0 bridgehead atoms. The molecule has 0 aromatic heterocycles. The van der Waals surface area contributed by atoms with E-state index in [0.29, 0.717) is 6.54 Å². The number of carbonyl (C=O) groups excluding carboxylic acids is 1. The number of carboxylic acid groups (broad SMARTS) is 1. The van der Waals surface area contributed by atoms with Crippen LogP contribution in [0.4, 0.5) is 4.79 Å². The van der Waals surface area contributed by atoms with Crippen LogP contribution in [0.5, 0.6) is 0 Å². The van der Waals surface area contributed by atoms with E-state index in [1.165, 1.54) is 32.8 Å². The Kier molecular flexibility index (Phi) is 11.9. The molecule has 0 heterocycles. The van der Waals surface area contributed by atoms with E-state index < -0.39 is 12.1 Å². The van der Waals surface area contributed by atoms with Gasteiger partial charge in [0.2, 0.25) is 0 Å². The SMILES string of the molecule is CCCCCCCCNC(=O)NCC(CC(=O)O)OC. The van der Waals surface area contributed by atoms with Gasteiger partial charge < -0.3 is 20.5 Å². The Bertz CT molecular complexity index is 272. The van der Waals surface area contributed by atoms with E-state index >= 15 is 0 Å². The fourth-order valence-corrected chi connectivity index (χ4v) is 1.81. The lowest BCUT2D eigenvalue weighted by Crippen LogP contribution is -2.41. The van der Waals surface area contributed by atoms with Crippen molar-refractivity contribution in [3.05, 3.63) is 0 Å². The smallest absolute Gasteiger partial charge is 0.314 e. The molecule has 2 amide bonds. The second kappa shape index (κ2) is 12.7. The zero-order chi connectivity index (χ0) is 15.2. The maximum Gasteiger partial charge on any atom is 0.314 e. The van der Waals surface area contributed by atoms with Gasteiger partial charge in [0.15, 0.2) is 0 Å². The van der Waals surface area contributed by atoms with Gasteiger partial charge in [0.25, 0.3) is 0 Å². The number of hydrogen-bond acceptors (Lipinski definition) is 3. The average Bonchev–Trinajstić information content (AvgIpc) is 2.42. The first-order valence-electron chi connectivity index (χ1n) is 7.36. The summed E-state index contributed by atoms with van der Waals surface area (Å²) in [6.07, 6.45) is 6.46. The molecule has 0 aromatic carbocycles. The second-order valence-electron chi connectivity index (χ2n) is 4.86. The molecule has 6 heteroatoms. The Labute approximate surface area is 121 Å². The number of amides is 2. The largest absolute Gasteiger partial charge is 0.481 e. The molecule has 0 fully saturated rings. The van der Waals surface area contributed by atoms with Crippen LogP contribution in [0.3, 0.4) is 0 Å². The Hall–Kier alpha value is -1.30. The van der Waals surface area contributed by atoms with Crippen molar-refractivity contribution in [2.75, 3.05) is 20.2 Å². The van der Waals surface area contributed by atoms with Crippen molar-refractivity contribution in [1.82, 2.24) is 10.6 Å². The lowest BCUT2D eigenvalue weighted by Gasteiger charge is -2.14. The minimum absolute atomic E-state index is 0.117. The van der Waals surface area contributed by atoms with Gasteiger partial charge in [-0.15, -0.1) is 0 Å². The van der Waals surface area contributed by atoms with E-state index in [2.05, 4.69) is 17.6 Å². The number of unbranched alkanes of at least 4 members (excludes halogenated alkanes) is 5. The molecular formula is C14H28N2O4. The highest BCUT2D eigenvalue weighted by molar-refractivity contribution is 5.74. The normalized spacial score (nSPS) is 11.9. The predicted molar refractivity (Wildman–Crippen MR) is 77.8 cm³/mol. The van der Waals surface area contributed by atoms with Crippen LogP contribution < -0.4 is 10.6 Å².